The van der Waals surface area contributed by atoms with Gasteiger partial charge >= 0.3 is 0 Å². The van der Waals surface area contributed by atoms with Crippen molar-refractivity contribution in [3.05, 3.63) is 95.6 Å². The molecular formula is C24H25N3. The van der Waals surface area contributed by atoms with Gasteiger partial charge in [-0.25, -0.2) is 0 Å². The summed E-state index contributed by atoms with van der Waals surface area (Å²) < 4.78 is 0. The van der Waals surface area contributed by atoms with Crippen molar-refractivity contribution >= 4 is 17.1 Å². The molecule has 0 spiro atoms. The highest BCUT2D eigenvalue weighted by molar-refractivity contribution is 6.03. The standard InChI is InChI=1S/C24H25N3/c1-18-9-7-8-12-23(18)27-24(20-13-15-21(16-14-20)26(2)3)17-22(25-27)19-10-5-4-6-11-19/h4-16,24H,17H2,1-3H3. The molecule has 0 aromatic heterocycles. The van der Waals surface area contributed by atoms with Crippen molar-refractivity contribution in [2.24, 2.45) is 5.10 Å². The van der Waals surface area contributed by atoms with Gasteiger partial charge in [0.05, 0.1) is 17.4 Å². The summed E-state index contributed by atoms with van der Waals surface area (Å²) in [6.45, 7) is 2.15. The third kappa shape index (κ3) is 3.45. The molecule has 0 fully saturated rings. The minimum atomic E-state index is 0.206. The monoisotopic (exact) mass is 355 g/mol. The van der Waals surface area contributed by atoms with Crippen LogP contribution in [0.4, 0.5) is 11.4 Å². The molecule has 3 aromatic carbocycles. The summed E-state index contributed by atoms with van der Waals surface area (Å²) in [5.74, 6) is 0. The van der Waals surface area contributed by atoms with Crippen LogP contribution in [0.1, 0.15) is 29.2 Å². The fourth-order valence-corrected chi connectivity index (χ4v) is 3.61. The van der Waals surface area contributed by atoms with Gasteiger partial charge in [-0.2, -0.15) is 5.10 Å². The average Bonchev–Trinajstić information content (AvgIpc) is 3.14. The summed E-state index contributed by atoms with van der Waals surface area (Å²) in [4.78, 5) is 2.13. The number of anilines is 2. The van der Waals surface area contributed by atoms with E-state index >= 15 is 0 Å². The first-order chi connectivity index (χ1) is 13.1. The lowest BCUT2D eigenvalue weighted by Gasteiger charge is -2.26. The Bertz CT molecular complexity index is 943. The molecule has 0 N–H and O–H groups in total. The van der Waals surface area contributed by atoms with Crippen molar-refractivity contribution < 1.29 is 0 Å². The molecule has 1 heterocycles. The van der Waals surface area contributed by atoms with E-state index in [1.54, 1.807) is 0 Å². The van der Waals surface area contributed by atoms with E-state index in [2.05, 4.69) is 110 Å². The second-order valence-corrected chi connectivity index (χ2v) is 7.25. The van der Waals surface area contributed by atoms with E-state index in [1.807, 2.05) is 0 Å². The summed E-state index contributed by atoms with van der Waals surface area (Å²) in [5, 5.41) is 7.24. The molecular weight excluding hydrogens is 330 g/mol. The van der Waals surface area contributed by atoms with Gasteiger partial charge in [0.15, 0.2) is 0 Å². The molecule has 136 valence electrons. The number of aryl methyl sites for hydroxylation is 1. The number of para-hydroxylation sites is 1. The summed E-state index contributed by atoms with van der Waals surface area (Å²) in [5.41, 5.74) is 7.25. The molecule has 1 aliphatic rings. The van der Waals surface area contributed by atoms with Crippen molar-refractivity contribution in [2.75, 3.05) is 24.0 Å². The second kappa shape index (κ2) is 7.28. The van der Waals surface area contributed by atoms with Crippen LogP contribution in [0.3, 0.4) is 0 Å². The van der Waals surface area contributed by atoms with Crippen LogP contribution in [0.5, 0.6) is 0 Å². The van der Waals surface area contributed by atoms with Gasteiger partial charge in [0.1, 0.15) is 0 Å². The lowest BCUT2D eigenvalue weighted by atomic mass is 9.97. The Morgan fingerprint density at radius 3 is 2.19 bits per heavy atom. The van der Waals surface area contributed by atoms with Gasteiger partial charge in [0.2, 0.25) is 0 Å². The molecule has 1 unspecified atom stereocenters. The van der Waals surface area contributed by atoms with Gasteiger partial charge in [-0.3, -0.25) is 5.01 Å². The Morgan fingerprint density at radius 1 is 0.852 bits per heavy atom. The van der Waals surface area contributed by atoms with Crippen LogP contribution in [-0.2, 0) is 0 Å². The van der Waals surface area contributed by atoms with Crippen LogP contribution in [0, 0.1) is 6.92 Å². The maximum Gasteiger partial charge on any atom is 0.0831 e. The predicted molar refractivity (Wildman–Crippen MR) is 115 cm³/mol. The third-order valence-corrected chi connectivity index (χ3v) is 5.17. The van der Waals surface area contributed by atoms with Crippen molar-refractivity contribution in [1.82, 2.24) is 0 Å². The van der Waals surface area contributed by atoms with E-state index in [0.29, 0.717) is 0 Å². The Hall–Kier alpha value is -3.07. The molecule has 3 heteroatoms. The highest BCUT2D eigenvalue weighted by Crippen LogP contribution is 2.38. The van der Waals surface area contributed by atoms with E-state index in [9.17, 15) is 0 Å². The van der Waals surface area contributed by atoms with Crippen molar-refractivity contribution in [3.63, 3.8) is 0 Å². The van der Waals surface area contributed by atoms with Crippen molar-refractivity contribution in [1.29, 1.82) is 0 Å². The lowest BCUT2D eigenvalue weighted by molar-refractivity contribution is 0.707. The summed E-state index contributed by atoms with van der Waals surface area (Å²) in [6.07, 6.45) is 0.902. The Kier molecular flexibility index (Phi) is 4.68. The molecule has 0 saturated carbocycles. The normalized spacial score (nSPS) is 16.3. The van der Waals surface area contributed by atoms with Crippen molar-refractivity contribution in [3.8, 4) is 0 Å². The van der Waals surface area contributed by atoms with Crippen molar-refractivity contribution in [2.45, 2.75) is 19.4 Å². The number of rotatable bonds is 4. The summed E-state index contributed by atoms with van der Waals surface area (Å²) in [7, 11) is 4.14. The maximum atomic E-state index is 5.04. The molecule has 27 heavy (non-hydrogen) atoms. The molecule has 1 aliphatic heterocycles. The molecule has 4 rings (SSSR count). The van der Waals surface area contributed by atoms with Gasteiger partial charge in [-0.15, -0.1) is 0 Å². The van der Waals surface area contributed by atoms with Gasteiger partial charge < -0.3 is 4.90 Å². The van der Waals surface area contributed by atoms with Crippen LogP contribution in [0.2, 0.25) is 0 Å². The largest absolute Gasteiger partial charge is 0.378 e. The highest BCUT2D eigenvalue weighted by Gasteiger charge is 2.30. The molecule has 1 atom stereocenters. The average molecular weight is 355 g/mol. The molecule has 0 bridgehead atoms. The van der Waals surface area contributed by atoms with Gasteiger partial charge in [0, 0.05) is 26.2 Å². The van der Waals surface area contributed by atoms with Crippen LogP contribution in [0.15, 0.2) is 84.0 Å². The minimum absolute atomic E-state index is 0.206. The van der Waals surface area contributed by atoms with E-state index in [-0.39, 0.29) is 6.04 Å². The lowest BCUT2D eigenvalue weighted by Crippen LogP contribution is -2.19. The number of hydrogen-bond donors (Lipinski definition) is 0. The number of hydrazone groups is 1. The van der Waals surface area contributed by atoms with Crippen LogP contribution in [0.25, 0.3) is 0 Å². The summed E-state index contributed by atoms with van der Waals surface area (Å²) >= 11 is 0. The maximum absolute atomic E-state index is 5.04. The predicted octanol–water partition coefficient (Wildman–Crippen LogP) is 5.42. The van der Waals surface area contributed by atoms with Gasteiger partial charge in [-0.1, -0.05) is 60.7 Å². The Labute approximate surface area is 161 Å². The van der Waals surface area contributed by atoms with E-state index in [1.165, 1.54) is 28.1 Å². The molecule has 3 aromatic rings. The zero-order valence-electron chi connectivity index (χ0n) is 16.1. The number of benzene rings is 3. The van der Waals surface area contributed by atoms with E-state index in [4.69, 9.17) is 5.10 Å². The highest BCUT2D eigenvalue weighted by atomic mass is 15.5. The fourth-order valence-electron chi connectivity index (χ4n) is 3.61. The smallest absolute Gasteiger partial charge is 0.0831 e. The Balaban J connectivity index is 1.74. The SMILES string of the molecule is Cc1ccccc1N1N=C(c2ccccc2)CC1c1ccc(N(C)C)cc1. The first-order valence-electron chi connectivity index (χ1n) is 9.38. The van der Waals surface area contributed by atoms with Crippen LogP contribution >= 0.6 is 0 Å². The zero-order chi connectivity index (χ0) is 18.8. The van der Waals surface area contributed by atoms with Crippen LogP contribution in [-0.4, -0.2) is 19.8 Å². The molecule has 0 amide bonds. The number of nitrogens with zero attached hydrogens (tertiary/aromatic N) is 3. The second-order valence-electron chi connectivity index (χ2n) is 7.25. The number of hydrogen-bond acceptors (Lipinski definition) is 3. The molecule has 0 aliphatic carbocycles. The molecule has 3 nitrogen and oxygen atoms in total. The first kappa shape index (κ1) is 17.3. The van der Waals surface area contributed by atoms with E-state index in [0.717, 1.165) is 12.1 Å². The molecule has 0 radical (unpaired) electrons. The minimum Gasteiger partial charge on any atom is -0.378 e. The first-order valence-corrected chi connectivity index (χ1v) is 9.38. The van der Waals surface area contributed by atoms with Gasteiger partial charge in [-0.05, 0) is 41.8 Å². The quantitative estimate of drug-likeness (QED) is 0.622. The topological polar surface area (TPSA) is 18.8 Å². The Morgan fingerprint density at radius 2 is 1.52 bits per heavy atom. The van der Waals surface area contributed by atoms with Gasteiger partial charge in [0.25, 0.3) is 0 Å². The fraction of sp³-hybridized carbons (Fsp3) is 0.208. The van der Waals surface area contributed by atoms with E-state index < -0.39 is 0 Å². The molecule has 0 saturated heterocycles. The summed E-state index contributed by atoms with van der Waals surface area (Å²) in [6, 6.07) is 28.0. The third-order valence-electron chi connectivity index (χ3n) is 5.17. The van der Waals surface area contributed by atoms with Crippen LogP contribution < -0.4 is 9.91 Å². The zero-order valence-corrected chi connectivity index (χ0v) is 16.1.